The van der Waals surface area contributed by atoms with Crippen molar-refractivity contribution in [3.05, 3.63) is 0 Å². The Morgan fingerprint density at radius 2 is 1.56 bits per heavy atom. The topological polar surface area (TPSA) is 108 Å². The van der Waals surface area contributed by atoms with Crippen LogP contribution in [0.15, 0.2) is 0 Å². The van der Waals surface area contributed by atoms with Crippen molar-refractivity contribution in [2.75, 3.05) is 45.8 Å². The van der Waals surface area contributed by atoms with Gasteiger partial charge < -0.3 is 21.3 Å². The van der Waals surface area contributed by atoms with Gasteiger partial charge in [-0.05, 0) is 31.6 Å². The number of halogens is 2. The van der Waals surface area contributed by atoms with Crippen LogP contribution in [0.25, 0.3) is 0 Å². The molecule has 158 valence electrons. The number of carbonyl (C=O) groups excluding carboxylic acids is 3. The number of rotatable bonds is 6. The molecule has 0 spiro atoms. The predicted molar refractivity (Wildman–Crippen MR) is 109 cm³/mol. The van der Waals surface area contributed by atoms with E-state index in [1.807, 2.05) is 0 Å². The Bertz CT molecular complexity index is 479. The highest BCUT2D eigenvalue weighted by Crippen LogP contribution is 2.23. The van der Waals surface area contributed by atoms with Crippen LogP contribution in [-0.2, 0) is 14.4 Å². The number of piperazine rings is 1. The van der Waals surface area contributed by atoms with Crippen LogP contribution in [0.1, 0.15) is 32.6 Å². The van der Waals surface area contributed by atoms with Crippen LogP contribution >= 0.6 is 24.8 Å². The van der Waals surface area contributed by atoms with E-state index in [9.17, 15) is 14.4 Å². The van der Waals surface area contributed by atoms with Crippen LogP contribution in [0, 0.1) is 5.92 Å². The minimum absolute atomic E-state index is 0. The maximum absolute atomic E-state index is 12.2. The van der Waals surface area contributed by atoms with E-state index < -0.39 is 0 Å². The molecule has 10 heteroatoms. The maximum atomic E-state index is 12.2. The third-order valence-corrected chi connectivity index (χ3v) is 5.10. The monoisotopic (exact) mass is 425 g/mol. The number of amides is 3. The lowest BCUT2D eigenvalue weighted by molar-refractivity contribution is -0.134. The maximum Gasteiger partial charge on any atom is 0.242 e. The molecule has 8 nitrogen and oxygen atoms in total. The molecule has 1 saturated heterocycles. The fourth-order valence-electron chi connectivity index (χ4n) is 3.39. The largest absolute Gasteiger partial charge is 0.352 e. The quantitative estimate of drug-likeness (QED) is 0.543. The minimum Gasteiger partial charge on any atom is -0.352 e. The van der Waals surface area contributed by atoms with Gasteiger partial charge in [0.15, 0.2) is 0 Å². The van der Waals surface area contributed by atoms with Crippen LogP contribution < -0.4 is 16.4 Å². The summed E-state index contributed by atoms with van der Waals surface area (Å²) in [5.41, 5.74) is 5.19. The zero-order valence-electron chi connectivity index (χ0n) is 15.9. The first-order valence-electron chi connectivity index (χ1n) is 9.24. The average Bonchev–Trinajstić information content (AvgIpc) is 2.62. The van der Waals surface area contributed by atoms with Gasteiger partial charge in [-0.15, -0.1) is 24.8 Å². The normalized spacial score (nSPS) is 22.8. The molecule has 3 amide bonds. The Morgan fingerprint density at radius 1 is 0.963 bits per heavy atom. The van der Waals surface area contributed by atoms with Crippen LogP contribution in [0.2, 0.25) is 0 Å². The number of nitrogens with one attached hydrogen (secondary N) is 2. The Balaban J connectivity index is 0.00000338. The number of hydrogen-bond donors (Lipinski definition) is 3. The molecule has 0 radical (unpaired) electrons. The first-order valence-corrected chi connectivity index (χ1v) is 9.24. The lowest BCUT2D eigenvalue weighted by atomic mass is 9.87. The van der Waals surface area contributed by atoms with Gasteiger partial charge in [-0.1, -0.05) is 6.92 Å². The first-order chi connectivity index (χ1) is 12.0. The summed E-state index contributed by atoms with van der Waals surface area (Å²) >= 11 is 0. The molecule has 0 atom stereocenters. The Hall–Kier alpha value is -1.09. The fourth-order valence-corrected chi connectivity index (χ4v) is 3.39. The summed E-state index contributed by atoms with van der Waals surface area (Å²) in [5, 5.41) is 5.63. The lowest BCUT2D eigenvalue weighted by Gasteiger charge is -2.35. The van der Waals surface area contributed by atoms with Crippen LogP contribution in [0.3, 0.4) is 0 Å². The molecule has 2 aliphatic rings. The van der Waals surface area contributed by atoms with Crippen molar-refractivity contribution in [2.24, 2.45) is 11.7 Å². The molecule has 0 aromatic rings. The third kappa shape index (κ3) is 9.10. The molecule has 1 aliphatic heterocycles. The standard InChI is InChI=1S/C17H31N5O3.2ClH/c1-13-2-4-14(5-3-13)20-16(24)12-21-6-8-22(9-7-21)17(25)11-19-15(23)10-18;;/h13-14H,2-12,18H2,1H3,(H,19,23)(H,20,24);2*1H. The second kappa shape index (κ2) is 13.1. The van der Waals surface area contributed by atoms with E-state index in [-0.39, 0.29) is 55.6 Å². The Labute approximate surface area is 173 Å². The van der Waals surface area contributed by atoms with Gasteiger partial charge in [0.2, 0.25) is 17.7 Å². The van der Waals surface area contributed by atoms with Gasteiger partial charge in [0.25, 0.3) is 0 Å². The summed E-state index contributed by atoms with van der Waals surface area (Å²) < 4.78 is 0. The number of carbonyl (C=O) groups is 3. The van der Waals surface area contributed by atoms with E-state index >= 15 is 0 Å². The fraction of sp³-hybridized carbons (Fsp3) is 0.824. The second-order valence-electron chi connectivity index (χ2n) is 7.16. The highest BCUT2D eigenvalue weighted by Gasteiger charge is 2.24. The van der Waals surface area contributed by atoms with Gasteiger partial charge in [0, 0.05) is 32.2 Å². The lowest BCUT2D eigenvalue weighted by Crippen LogP contribution is -2.53. The van der Waals surface area contributed by atoms with Crippen molar-refractivity contribution in [3.63, 3.8) is 0 Å². The van der Waals surface area contributed by atoms with E-state index in [2.05, 4.69) is 22.5 Å². The zero-order chi connectivity index (χ0) is 18.2. The molecule has 0 unspecified atom stereocenters. The van der Waals surface area contributed by atoms with Gasteiger partial charge >= 0.3 is 0 Å². The van der Waals surface area contributed by atoms with Gasteiger partial charge in [-0.25, -0.2) is 0 Å². The van der Waals surface area contributed by atoms with E-state index in [0.717, 1.165) is 18.8 Å². The summed E-state index contributed by atoms with van der Waals surface area (Å²) in [4.78, 5) is 39.1. The molecule has 2 fully saturated rings. The van der Waals surface area contributed by atoms with E-state index in [1.54, 1.807) is 4.90 Å². The molecule has 0 aromatic carbocycles. The summed E-state index contributed by atoms with van der Waals surface area (Å²) in [7, 11) is 0. The number of nitrogens with zero attached hydrogens (tertiary/aromatic N) is 2. The minimum atomic E-state index is -0.333. The van der Waals surface area contributed by atoms with Gasteiger partial charge in [0.1, 0.15) is 0 Å². The average molecular weight is 426 g/mol. The number of hydrogen-bond acceptors (Lipinski definition) is 5. The van der Waals surface area contributed by atoms with Gasteiger partial charge in [-0.2, -0.15) is 0 Å². The molecule has 0 bridgehead atoms. The Kier molecular flexibility index (Phi) is 12.6. The van der Waals surface area contributed by atoms with Gasteiger partial charge in [-0.3, -0.25) is 19.3 Å². The van der Waals surface area contributed by atoms with E-state index in [1.165, 1.54) is 12.8 Å². The van der Waals surface area contributed by atoms with Gasteiger partial charge in [0.05, 0.1) is 19.6 Å². The van der Waals surface area contributed by atoms with Crippen molar-refractivity contribution < 1.29 is 14.4 Å². The third-order valence-electron chi connectivity index (χ3n) is 5.10. The van der Waals surface area contributed by atoms with E-state index in [4.69, 9.17) is 5.73 Å². The van der Waals surface area contributed by atoms with Crippen molar-refractivity contribution in [3.8, 4) is 0 Å². The highest BCUT2D eigenvalue weighted by atomic mass is 35.5. The molecule has 2 rings (SSSR count). The second-order valence-corrected chi connectivity index (χ2v) is 7.16. The van der Waals surface area contributed by atoms with Crippen molar-refractivity contribution in [2.45, 2.75) is 38.6 Å². The van der Waals surface area contributed by atoms with Crippen LogP contribution in [-0.4, -0.2) is 79.4 Å². The van der Waals surface area contributed by atoms with Crippen LogP contribution in [0.4, 0.5) is 0 Å². The molecule has 1 aliphatic carbocycles. The molecule has 27 heavy (non-hydrogen) atoms. The summed E-state index contributed by atoms with van der Waals surface area (Å²) in [6, 6.07) is 0.317. The summed E-state index contributed by atoms with van der Waals surface area (Å²) in [5.74, 6) is 0.408. The predicted octanol–water partition coefficient (Wildman–Crippen LogP) is -0.256. The molecule has 0 aromatic heterocycles. The first kappa shape index (κ1) is 25.9. The summed E-state index contributed by atoms with van der Waals surface area (Å²) in [6.45, 7) is 5.01. The molecule has 1 saturated carbocycles. The SMILES string of the molecule is CC1CCC(NC(=O)CN2CCN(C(=O)CNC(=O)CN)CC2)CC1.Cl.Cl. The van der Waals surface area contributed by atoms with Crippen molar-refractivity contribution in [1.82, 2.24) is 20.4 Å². The molecular weight excluding hydrogens is 393 g/mol. The highest BCUT2D eigenvalue weighted by molar-refractivity contribution is 5.86. The van der Waals surface area contributed by atoms with Crippen molar-refractivity contribution in [1.29, 1.82) is 0 Å². The van der Waals surface area contributed by atoms with Crippen LogP contribution in [0.5, 0.6) is 0 Å². The van der Waals surface area contributed by atoms with E-state index in [0.29, 0.717) is 38.8 Å². The molecular formula is C17H33Cl2N5O3. The summed E-state index contributed by atoms with van der Waals surface area (Å²) in [6.07, 6.45) is 4.52. The smallest absolute Gasteiger partial charge is 0.242 e. The molecule has 4 N–H and O–H groups in total. The number of nitrogens with two attached hydrogens (primary N) is 1. The Morgan fingerprint density at radius 3 is 2.11 bits per heavy atom. The zero-order valence-corrected chi connectivity index (χ0v) is 17.6. The van der Waals surface area contributed by atoms with Crippen molar-refractivity contribution >= 4 is 42.5 Å². The molecule has 1 heterocycles.